The maximum Gasteiger partial charge on any atom is 0.307 e. The van der Waals surface area contributed by atoms with Crippen molar-refractivity contribution in [2.75, 3.05) is 13.2 Å². The zero-order chi connectivity index (χ0) is 13.5. The van der Waals surface area contributed by atoms with Crippen molar-refractivity contribution in [3.05, 3.63) is 17.5 Å². The van der Waals surface area contributed by atoms with Gasteiger partial charge in [0.25, 0.3) is 5.91 Å². The summed E-state index contributed by atoms with van der Waals surface area (Å²) in [6.45, 7) is 4.32. The zero-order valence-electron chi connectivity index (χ0n) is 11.0. The summed E-state index contributed by atoms with van der Waals surface area (Å²) in [5.41, 5.74) is 1.31. The average Bonchev–Trinajstić information content (AvgIpc) is 2.70. The summed E-state index contributed by atoms with van der Waals surface area (Å²) < 4.78 is 6.38. The Morgan fingerprint density at radius 1 is 1.44 bits per heavy atom. The van der Waals surface area contributed by atoms with E-state index in [4.69, 9.17) is 4.74 Å². The molecule has 0 fully saturated rings. The normalized spacial score (nSPS) is 10.2. The second-order valence-corrected chi connectivity index (χ2v) is 3.83. The summed E-state index contributed by atoms with van der Waals surface area (Å²) in [5.74, 6) is -0.510. The van der Waals surface area contributed by atoms with E-state index >= 15 is 0 Å². The fourth-order valence-electron chi connectivity index (χ4n) is 1.59. The average molecular weight is 253 g/mol. The van der Waals surface area contributed by atoms with E-state index in [1.54, 1.807) is 24.9 Å². The highest BCUT2D eigenvalue weighted by Crippen LogP contribution is 2.06. The minimum atomic E-state index is -0.306. The van der Waals surface area contributed by atoms with Gasteiger partial charge in [-0.15, -0.1) is 0 Å². The van der Waals surface area contributed by atoms with Crippen molar-refractivity contribution < 1.29 is 14.3 Å². The van der Waals surface area contributed by atoms with E-state index in [-0.39, 0.29) is 24.8 Å². The molecule has 0 aliphatic rings. The number of esters is 1. The molecule has 1 N–H and O–H groups in total. The molecular weight excluding hydrogens is 234 g/mol. The Balaban J connectivity index is 2.47. The van der Waals surface area contributed by atoms with E-state index in [1.165, 1.54) is 0 Å². The van der Waals surface area contributed by atoms with Gasteiger partial charge in [0.1, 0.15) is 0 Å². The lowest BCUT2D eigenvalue weighted by molar-refractivity contribution is -0.142. The molecule has 6 nitrogen and oxygen atoms in total. The van der Waals surface area contributed by atoms with Crippen LogP contribution >= 0.6 is 0 Å². The van der Waals surface area contributed by atoms with Gasteiger partial charge in [0.15, 0.2) is 0 Å². The third-order valence-corrected chi connectivity index (χ3v) is 2.40. The quantitative estimate of drug-likeness (QED) is 0.756. The summed E-state index contributed by atoms with van der Waals surface area (Å²) in [6, 6.07) is 0. The summed E-state index contributed by atoms with van der Waals surface area (Å²) >= 11 is 0. The van der Waals surface area contributed by atoms with Crippen molar-refractivity contribution in [3.8, 4) is 0 Å². The SMILES string of the molecule is CCOC(=O)CCNC(=O)c1cn(C)nc1CC. The molecule has 1 aromatic heterocycles. The minimum Gasteiger partial charge on any atom is -0.466 e. The predicted molar refractivity (Wildman–Crippen MR) is 66.2 cm³/mol. The number of nitrogens with one attached hydrogen (secondary N) is 1. The first kappa shape index (κ1) is 14.2. The van der Waals surface area contributed by atoms with Gasteiger partial charge in [0, 0.05) is 19.8 Å². The molecule has 0 bridgehead atoms. The lowest BCUT2D eigenvalue weighted by atomic mass is 10.2. The number of aryl methyl sites for hydroxylation is 2. The summed E-state index contributed by atoms with van der Waals surface area (Å²) in [6.07, 6.45) is 2.56. The number of carbonyl (C=O) groups is 2. The fraction of sp³-hybridized carbons (Fsp3) is 0.583. The van der Waals surface area contributed by atoms with Crippen LogP contribution in [0.2, 0.25) is 0 Å². The van der Waals surface area contributed by atoms with Crippen LogP contribution in [0.15, 0.2) is 6.20 Å². The highest BCUT2D eigenvalue weighted by atomic mass is 16.5. The van der Waals surface area contributed by atoms with Crippen molar-refractivity contribution in [1.82, 2.24) is 15.1 Å². The van der Waals surface area contributed by atoms with Crippen LogP contribution in [0.4, 0.5) is 0 Å². The fourth-order valence-corrected chi connectivity index (χ4v) is 1.59. The molecule has 0 spiro atoms. The number of hydrogen-bond donors (Lipinski definition) is 1. The van der Waals surface area contributed by atoms with Gasteiger partial charge in [-0.05, 0) is 13.3 Å². The molecule has 0 saturated heterocycles. The Labute approximate surface area is 106 Å². The van der Waals surface area contributed by atoms with E-state index in [9.17, 15) is 9.59 Å². The van der Waals surface area contributed by atoms with Gasteiger partial charge in [0.05, 0.1) is 24.3 Å². The molecule has 0 radical (unpaired) electrons. The van der Waals surface area contributed by atoms with Crippen molar-refractivity contribution in [2.45, 2.75) is 26.7 Å². The Bertz CT molecular complexity index is 426. The van der Waals surface area contributed by atoms with Crippen LogP contribution in [0.5, 0.6) is 0 Å². The highest BCUT2D eigenvalue weighted by molar-refractivity contribution is 5.95. The van der Waals surface area contributed by atoms with E-state index in [0.29, 0.717) is 18.6 Å². The Kier molecular flexibility index (Phi) is 5.35. The molecule has 1 aromatic rings. The van der Waals surface area contributed by atoms with Crippen LogP contribution in [-0.2, 0) is 23.0 Å². The highest BCUT2D eigenvalue weighted by Gasteiger charge is 2.14. The predicted octanol–water partition coefficient (Wildman–Crippen LogP) is 0.665. The molecule has 0 unspecified atom stereocenters. The number of rotatable bonds is 6. The van der Waals surface area contributed by atoms with Gasteiger partial charge in [-0.1, -0.05) is 6.92 Å². The van der Waals surface area contributed by atoms with Crippen molar-refractivity contribution in [2.24, 2.45) is 7.05 Å². The van der Waals surface area contributed by atoms with E-state index in [2.05, 4.69) is 10.4 Å². The smallest absolute Gasteiger partial charge is 0.307 e. The Hall–Kier alpha value is -1.85. The topological polar surface area (TPSA) is 73.2 Å². The molecule has 0 saturated carbocycles. The number of hydrogen-bond acceptors (Lipinski definition) is 4. The molecule has 1 heterocycles. The molecule has 0 aliphatic heterocycles. The molecule has 1 amide bonds. The van der Waals surface area contributed by atoms with Crippen molar-refractivity contribution in [3.63, 3.8) is 0 Å². The maximum atomic E-state index is 11.9. The van der Waals surface area contributed by atoms with Gasteiger partial charge >= 0.3 is 5.97 Å². The van der Waals surface area contributed by atoms with Gasteiger partial charge in [-0.25, -0.2) is 0 Å². The Morgan fingerprint density at radius 2 is 2.17 bits per heavy atom. The van der Waals surface area contributed by atoms with Crippen molar-refractivity contribution in [1.29, 1.82) is 0 Å². The molecule has 18 heavy (non-hydrogen) atoms. The second-order valence-electron chi connectivity index (χ2n) is 3.83. The molecule has 0 aromatic carbocycles. The Morgan fingerprint density at radius 3 is 2.78 bits per heavy atom. The number of carbonyl (C=O) groups excluding carboxylic acids is 2. The summed E-state index contributed by atoms with van der Waals surface area (Å²) in [5, 5.41) is 6.87. The van der Waals surface area contributed by atoms with Gasteiger partial charge in [-0.2, -0.15) is 5.10 Å². The zero-order valence-corrected chi connectivity index (χ0v) is 11.0. The molecular formula is C12H19N3O3. The van der Waals surface area contributed by atoms with Crippen LogP contribution < -0.4 is 5.32 Å². The third kappa shape index (κ3) is 3.87. The lowest BCUT2D eigenvalue weighted by Gasteiger charge is -2.04. The monoisotopic (exact) mass is 253 g/mol. The van der Waals surface area contributed by atoms with Crippen LogP contribution in [0.1, 0.15) is 36.3 Å². The molecule has 100 valence electrons. The molecule has 0 aliphatic carbocycles. The van der Waals surface area contributed by atoms with Crippen LogP contribution in [0.25, 0.3) is 0 Å². The van der Waals surface area contributed by atoms with Gasteiger partial charge < -0.3 is 10.1 Å². The molecule has 1 rings (SSSR count). The van der Waals surface area contributed by atoms with E-state index < -0.39 is 0 Å². The van der Waals surface area contributed by atoms with Gasteiger partial charge in [0.2, 0.25) is 0 Å². The standard InChI is InChI=1S/C12H19N3O3/c1-4-10-9(8-15(3)14-10)12(17)13-7-6-11(16)18-5-2/h8H,4-7H2,1-3H3,(H,13,17). The lowest BCUT2D eigenvalue weighted by Crippen LogP contribution is -2.27. The van der Waals surface area contributed by atoms with Crippen LogP contribution in [0.3, 0.4) is 0 Å². The molecule has 0 atom stereocenters. The first-order chi connectivity index (χ1) is 8.58. The number of ether oxygens (including phenoxy) is 1. The second kappa shape index (κ2) is 6.78. The van der Waals surface area contributed by atoms with E-state index in [0.717, 1.165) is 5.69 Å². The van der Waals surface area contributed by atoms with Crippen LogP contribution in [-0.4, -0.2) is 34.8 Å². The van der Waals surface area contributed by atoms with Crippen molar-refractivity contribution >= 4 is 11.9 Å². The first-order valence-corrected chi connectivity index (χ1v) is 6.04. The summed E-state index contributed by atoms with van der Waals surface area (Å²) in [7, 11) is 1.77. The molecule has 6 heteroatoms. The number of nitrogens with zero attached hydrogens (tertiary/aromatic N) is 2. The summed E-state index contributed by atoms with van der Waals surface area (Å²) in [4.78, 5) is 23.0. The minimum absolute atomic E-state index is 0.182. The first-order valence-electron chi connectivity index (χ1n) is 6.04. The number of amides is 1. The van der Waals surface area contributed by atoms with E-state index in [1.807, 2.05) is 6.92 Å². The third-order valence-electron chi connectivity index (χ3n) is 2.40. The van der Waals surface area contributed by atoms with Crippen LogP contribution in [0, 0.1) is 0 Å². The largest absolute Gasteiger partial charge is 0.466 e. The van der Waals surface area contributed by atoms with Gasteiger partial charge in [-0.3, -0.25) is 14.3 Å². The number of aromatic nitrogens is 2. The maximum absolute atomic E-state index is 11.9.